The number of nitro groups is 1. The molecule has 0 spiro atoms. The highest BCUT2D eigenvalue weighted by atomic mass is 16.6. The Bertz CT molecular complexity index is 1200. The zero-order chi connectivity index (χ0) is 22.1. The minimum Gasteiger partial charge on any atom is -0.322 e. The van der Waals surface area contributed by atoms with Crippen molar-refractivity contribution in [2.45, 2.75) is 6.42 Å². The molecule has 160 valence electrons. The molecule has 8 nitrogen and oxygen atoms in total. The molecule has 3 amide bonds. The van der Waals surface area contributed by atoms with Crippen molar-refractivity contribution in [2.24, 2.45) is 35.5 Å². The van der Waals surface area contributed by atoms with Crippen LogP contribution < -0.4 is 10.2 Å². The molecule has 6 atom stereocenters. The van der Waals surface area contributed by atoms with Crippen LogP contribution in [-0.2, 0) is 9.59 Å². The van der Waals surface area contributed by atoms with Crippen molar-refractivity contribution in [2.75, 3.05) is 10.2 Å². The maximum Gasteiger partial charge on any atom is 0.271 e. The van der Waals surface area contributed by atoms with Crippen molar-refractivity contribution in [1.82, 2.24) is 0 Å². The number of nitrogens with one attached hydrogen (secondary N) is 1. The molecule has 2 saturated carbocycles. The van der Waals surface area contributed by atoms with Gasteiger partial charge < -0.3 is 5.32 Å². The highest BCUT2D eigenvalue weighted by Gasteiger charge is 2.67. The summed E-state index contributed by atoms with van der Waals surface area (Å²) < 4.78 is 0. The summed E-state index contributed by atoms with van der Waals surface area (Å²) in [6.07, 6.45) is 5.35. The Balaban J connectivity index is 1.27. The van der Waals surface area contributed by atoms with Gasteiger partial charge in [-0.2, -0.15) is 0 Å². The number of benzene rings is 2. The average Bonchev–Trinajstić information content (AvgIpc) is 3.57. The Morgan fingerprint density at radius 2 is 1.62 bits per heavy atom. The molecule has 2 bridgehead atoms. The van der Waals surface area contributed by atoms with Gasteiger partial charge in [-0.3, -0.25) is 24.5 Å². The third-order valence-electron chi connectivity index (χ3n) is 7.34. The number of hydrogen-bond acceptors (Lipinski definition) is 5. The fourth-order valence-corrected chi connectivity index (χ4v) is 5.90. The first-order valence-corrected chi connectivity index (χ1v) is 10.7. The van der Waals surface area contributed by atoms with E-state index in [1.165, 1.54) is 29.2 Å². The predicted molar refractivity (Wildman–Crippen MR) is 115 cm³/mol. The molecule has 0 aromatic heterocycles. The van der Waals surface area contributed by atoms with E-state index in [9.17, 15) is 24.5 Å². The Hall–Kier alpha value is -3.81. The molecule has 1 heterocycles. The number of allylic oxidation sites excluding steroid dienone is 2. The van der Waals surface area contributed by atoms with Crippen LogP contribution in [0.2, 0.25) is 0 Å². The summed E-state index contributed by atoms with van der Waals surface area (Å²) in [5, 5.41) is 13.6. The van der Waals surface area contributed by atoms with E-state index in [0.29, 0.717) is 17.5 Å². The van der Waals surface area contributed by atoms with Crippen LogP contribution in [0.5, 0.6) is 0 Å². The standard InChI is InChI=1S/C24H19N3O5/c28-22(25-13-4-2-6-15(10-13)27(31)32)12-3-1-5-14(9-12)26-23(29)20-16-7-8-17(19-11-18(16)19)21(20)24(26)30/h1-10,16-21H,11H2,(H,25,28)/t16-,17-,18-,19-,20+,21+/m1/s1. The molecule has 3 fully saturated rings. The number of nitro benzene ring substituents is 1. The molecular weight excluding hydrogens is 410 g/mol. The van der Waals surface area contributed by atoms with Gasteiger partial charge in [-0.05, 0) is 54.4 Å². The number of amides is 3. The van der Waals surface area contributed by atoms with E-state index in [0.717, 1.165) is 6.42 Å². The molecule has 5 aliphatic rings. The van der Waals surface area contributed by atoms with Crippen molar-refractivity contribution in [3.05, 3.63) is 76.4 Å². The smallest absolute Gasteiger partial charge is 0.271 e. The lowest BCUT2D eigenvalue weighted by Gasteiger charge is -2.37. The number of rotatable bonds is 4. The maximum absolute atomic E-state index is 13.3. The van der Waals surface area contributed by atoms with Crippen LogP contribution >= 0.6 is 0 Å². The number of hydrogen-bond donors (Lipinski definition) is 1. The SMILES string of the molecule is O=C(Nc1cccc([N+](=O)[O-])c1)c1cccc(N2C(=O)[C@H]3[C@@H]4C=C[C@H]([C@H]5C[C@H]45)[C@@H]3C2=O)c1. The zero-order valence-corrected chi connectivity index (χ0v) is 16.9. The number of carbonyl (C=O) groups is 3. The molecular formula is C24H19N3O5. The predicted octanol–water partition coefficient (Wildman–Crippen LogP) is 3.40. The number of nitrogens with zero attached hydrogens (tertiary/aromatic N) is 2. The molecule has 2 aromatic carbocycles. The molecule has 0 radical (unpaired) electrons. The van der Waals surface area contributed by atoms with Crippen LogP contribution in [-0.4, -0.2) is 22.6 Å². The van der Waals surface area contributed by atoms with Crippen LogP contribution in [0.25, 0.3) is 0 Å². The van der Waals surface area contributed by atoms with E-state index in [2.05, 4.69) is 17.5 Å². The first-order valence-electron chi connectivity index (χ1n) is 10.7. The normalized spacial score (nSPS) is 31.3. The van der Waals surface area contributed by atoms with Crippen molar-refractivity contribution in [3.63, 3.8) is 0 Å². The van der Waals surface area contributed by atoms with Crippen molar-refractivity contribution >= 4 is 34.8 Å². The topological polar surface area (TPSA) is 110 Å². The Morgan fingerprint density at radius 3 is 2.28 bits per heavy atom. The number of non-ortho nitro benzene ring substituents is 1. The van der Waals surface area contributed by atoms with Gasteiger partial charge in [-0.25, -0.2) is 4.90 Å². The van der Waals surface area contributed by atoms with Crippen LogP contribution in [0, 0.1) is 45.6 Å². The second-order valence-electron chi connectivity index (χ2n) is 8.98. The second-order valence-corrected chi connectivity index (χ2v) is 8.98. The van der Waals surface area contributed by atoms with Gasteiger partial charge in [-0.1, -0.05) is 24.3 Å². The Labute approximate surface area is 183 Å². The number of imide groups is 1. The molecule has 1 N–H and O–H groups in total. The van der Waals surface area contributed by atoms with E-state index >= 15 is 0 Å². The van der Waals surface area contributed by atoms with Crippen LogP contribution in [0.4, 0.5) is 17.1 Å². The summed E-state index contributed by atoms with van der Waals surface area (Å²) in [6.45, 7) is 0. The van der Waals surface area contributed by atoms with Gasteiger partial charge in [-0.15, -0.1) is 0 Å². The Morgan fingerprint density at radius 1 is 0.969 bits per heavy atom. The minimum atomic E-state index is -0.535. The lowest BCUT2D eigenvalue weighted by atomic mass is 9.63. The van der Waals surface area contributed by atoms with Gasteiger partial charge in [0, 0.05) is 23.4 Å². The monoisotopic (exact) mass is 429 g/mol. The van der Waals surface area contributed by atoms with Crippen molar-refractivity contribution in [3.8, 4) is 0 Å². The van der Waals surface area contributed by atoms with Gasteiger partial charge >= 0.3 is 0 Å². The minimum absolute atomic E-state index is 0.131. The number of carbonyl (C=O) groups excluding carboxylic acids is 3. The lowest BCUT2D eigenvalue weighted by molar-refractivity contribution is -0.384. The van der Waals surface area contributed by atoms with E-state index < -0.39 is 10.8 Å². The number of anilines is 2. The van der Waals surface area contributed by atoms with E-state index in [-0.39, 0.29) is 52.4 Å². The quantitative estimate of drug-likeness (QED) is 0.347. The van der Waals surface area contributed by atoms with E-state index in [1.54, 1.807) is 24.3 Å². The Kier molecular flexibility index (Phi) is 3.90. The summed E-state index contributed by atoms with van der Waals surface area (Å²) >= 11 is 0. The molecule has 0 unspecified atom stereocenters. The summed E-state index contributed by atoms with van der Waals surface area (Å²) in [5.74, 6) is -0.125. The fraction of sp³-hybridized carbons (Fsp3) is 0.292. The van der Waals surface area contributed by atoms with Gasteiger partial charge in [0.05, 0.1) is 22.4 Å². The van der Waals surface area contributed by atoms with Gasteiger partial charge in [0.2, 0.25) is 11.8 Å². The van der Waals surface area contributed by atoms with Crippen LogP contribution in [0.3, 0.4) is 0 Å². The third-order valence-corrected chi connectivity index (χ3v) is 7.34. The molecule has 1 saturated heterocycles. The van der Waals surface area contributed by atoms with Gasteiger partial charge in [0.25, 0.3) is 11.6 Å². The van der Waals surface area contributed by atoms with Crippen LogP contribution in [0.1, 0.15) is 16.8 Å². The summed E-state index contributed by atoms with van der Waals surface area (Å²) in [6, 6.07) is 12.0. The first-order chi connectivity index (χ1) is 15.4. The summed E-state index contributed by atoms with van der Waals surface area (Å²) in [7, 11) is 0. The fourth-order valence-electron chi connectivity index (χ4n) is 5.90. The first kappa shape index (κ1) is 18.9. The zero-order valence-electron chi connectivity index (χ0n) is 16.9. The van der Waals surface area contributed by atoms with E-state index in [4.69, 9.17) is 0 Å². The lowest BCUT2D eigenvalue weighted by Crippen LogP contribution is -2.40. The van der Waals surface area contributed by atoms with E-state index in [1.807, 2.05) is 0 Å². The summed E-state index contributed by atoms with van der Waals surface area (Å²) in [5.41, 5.74) is 0.798. The van der Waals surface area contributed by atoms with Crippen LogP contribution in [0.15, 0.2) is 60.7 Å². The van der Waals surface area contributed by atoms with Crippen molar-refractivity contribution in [1.29, 1.82) is 0 Å². The molecule has 2 aromatic rings. The second kappa shape index (κ2) is 6.59. The van der Waals surface area contributed by atoms with Crippen molar-refractivity contribution < 1.29 is 19.3 Å². The summed E-state index contributed by atoms with van der Waals surface area (Å²) in [4.78, 5) is 51.0. The molecule has 8 heteroatoms. The molecule has 32 heavy (non-hydrogen) atoms. The highest BCUT2D eigenvalue weighted by Crippen LogP contribution is 2.65. The largest absolute Gasteiger partial charge is 0.322 e. The maximum atomic E-state index is 13.3. The highest BCUT2D eigenvalue weighted by molar-refractivity contribution is 6.23. The van der Waals surface area contributed by atoms with Gasteiger partial charge in [0.15, 0.2) is 0 Å². The molecule has 1 aliphatic heterocycles. The third kappa shape index (κ3) is 2.65. The molecule has 4 aliphatic carbocycles. The molecule has 7 rings (SSSR count). The average molecular weight is 429 g/mol. The van der Waals surface area contributed by atoms with Gasteiger partial charge in [0.1, 0.15) is 0 Å².